The lowest BCUT2D eigenvalue weighted by Crippen LogP contribution is -2.12. The van der Waals surface area contributed by atoms with Crippen molar-refractivity contribution in [2.24, 2.45) is 0 Å². The van der Waals surface area contributed by atoms with Crippen LogP contribution >= 0.6 is 11.5 Å². The van der Waals surface area contributed by atoms with Crippen LogP contribution in [0.4, 0.5) is 9.39 Å². The Morgan fingerprint density at radius 3 is 2.90 bits per heavy atom. The fourth-order valence-corrected chi connectivity index (χ4v) is 2.73. The van der Waals surface area contributed by atoms with E-state index in [1.54, 1.807) is 31.3 Å². The van der Waals surface area contributed by atoms with Gasteiger partial charge in [-0.2, -0.15) is 0 Å². The monoisotopic (exact) mass is 414 g/mol. The molecule has 8 nitrogen and oxygen atoms in total. The van der Waals surface area contributed by atoms with Gasteiger partial charge in [0.15, 0.2) is 16.6 Å². The topological polar surface area (TPSA) is 103 Å². The van der Waals surface area contributed by atoms with Gasteiger partial charge in [-0.3, -0.25) is 9.78 Å². The molecule has 0 bridgehead atoms. The normalized spacial score (nSPS) is 10.7. The molecule has 0 atom stereocenters. The Hall–Kier alpha value is -3.66. The molecule has 3 rings (SSSR count). The number of amides is 1. The lowest BCUT2D eigenvalue weighted by molar-refractivity contribution is -0.111. The standard InChI is InChI=1S/C19H15FN4O4S/c1-2-27-19(26)17-18(29-24-23-17)22-16(25)8-6-12-5-7-15(14(20)10-12)28-13-4-3-9-21-11-13/h3-11H,2H2,1H3,(H,22,25)/b8-6+. The molecule has 10 heteroatoms. The fraction of sp³-hybridized carbons (Fsp3) is 0.105. The summed E-state index contributed by atoms with van der Waals surface area (Å²) in [5.74, 6) is -1.35. The third-order valence-corrected chi connectivity index (χ3v) is 4.08. The third-order valence-electron chi connectivity index (χ3n) is 3.44. The number of anilines is 1. The highest BCUT2D eigenvalue weighted by molar-refractivity contribution is 7.10. The molecule has 0 fully saturated rings. The molecule has 1 aromatic carbocycles. The van der Waals surface area contributed by atoms with E-state index in [0.717, 1.165) is 11.5 Å². The Morgan fingerprint density at radius 1 is 1.31 bits per heavy atom. The fourth-order valence-electron chi connectivity index (χ4n) is 2.17. The Bertz CT molecular complexity index is 1040. The summed E-state index contributed by atoms with van der Waals surface area (Å²) in [7, 11) is 0. The van der Waals surface area contributed by atoms with Gasteiger partial charge in [-0.15, -0.1) is 5.10 Å². The van der Waals surface area contributed by atoms with Gasteiger partial charge < -0.3 is 14.8 Å². The van der Waals surface area contributed by atoms with Crippen molar-refractivity contribution in [3.8, 4) is 11.5 Å². The highest BCUT2D eigenvalue weighted by atomic mass is 32.1. The molecule has 0 saturated carbocycles. The Kier molecular flexibility index (Phi) is 6.59. The zero-order valence-electron chi connectivity index (χ0n) is 15.2. The van der Waals surface area contributed by atoms with Gasteiger partial charge >= 0.3 is 5.97 Å². The molecule has 0 aliphatic rings. The van der Waals surface area contributed by atoms with Crippen LogP contribution in [-0.4, -0.2) is 33.1 Å². The minimum Gasteiger partial charge on any atom is -0.461 e. The minimum absolute atomic E-state index is 0.0365. The van der Waals surface area contributed by atoms with Gasteiger partial charge in [0.25, 0.3) is 0 Å². The van der Waals surface area contributed by atoms with Gasteiger partial charge in [0, 0.05) is 23.8 Å². The van der Waals surface area contributed by atoms with Gasteiger partial charge in [0.2, 0.25) is 11.6 Å². The number of rotatable bonds is 7. The number of esters is 1. The molecule has 0 saturated heterocycles. The molecular formula is C19H15FN4O4S. The molecule has 0 radical (unpaired) electrons. The second kappa shape index (κ2) is 9.51. The summed E-state index contributed by atoms with van der Waals surface area (Å²) in [5.41, 5.74) is 0.380. The van der Waals surface area contributed by atoms with Crippen LogP contribution in [0.3, 0.4) is 0 Å². The van der Waals surface area contributed by atoms with Crippen LogP contribution in [-0.2, 0) is 9.53 Å². The van der Waals surface area contributed by atoms with Gasteiger partial charge in [-0.05, 0) is 42.8 Å². The van der Waals surface area contributed by atoms with E-state index in [-0.39, 0.29) is 23.1 Å². The number of halogens is 1. The molecule has 2 aromatic heterocycles. The second-order valence-electron chi connectivity index (χ2n) is 5.47. The largest absolute Gasteiger partial charge is 0.461 e. The van der Waals surface area contributed by atoms with E-state index in [2.05, 4.69) is 19.9 Å². The van der Waals surface area contributed by atoms with Crippen LogP contribution < -0.4 is 10.1 Å². The van der Waals surface area contributed by atoms with Gasteiger partial charge in [0.05, 0.1) is 12.8 Å². The highest BCUT2D eigenvalue weighted by Crippen LogP contribution is 2.25. The summed E-state index contributed by atoms with van der Waals surface area (Å²) < 4.78 is 28.1. The quantitative estimate of drug-likeness (QED) is 0.464. The number of carbonyl (C=O) groups excluding carboxylic acids is 2. The summed E-state index contributed by atoms with van der Waals surface area (Å²) in [5, 5.41) is 6.32. The van der Waals surface area contributed by atoms with Crippen molar-refractivity contribution in [2.75, 3.05) is 11.9 Å². The predicted molar refractivity (Wildman–Crippen MR) is 104 cm³/mol. The van der Waals surface area contributed by atoms with Crippen molar-refractivity contribution in [1.29, 1.82) is 0 Å². The summed E-state index contributed by atoms with van der Waals surface area (Å²) in [6, 6.07) is 7.61. The van der Waals surface area contributed by atoms with E-state index >= 15 is 0 Å². The van der Waals surface area contributed by atoms with Crippen LogP contribution in [0.5, 0.6) is 11.5 Å². The molecule has 29 heavy (non-hydrogen) atoms. The van der Waals surface area contributed by atoms with E-state index in [9.17, 15) is 14.0 Å². The van der Waals surface area contributed by atoms with Crippen LogP contribution in [0.25, 0.3) is 6.08 Å². The number of nitrogens with one attached hydrogen (secondary N) is 1. The number of benzene rings is 1. The highest BCUT2D eigenvalue weighted by Gasteiger charge is 2.18. The van der Waals surface area contributed by atoms with Crippen molar-refractivity contribution < 1.29 is 23.5 Å². The first-order chi connectivity index (χ1) is 14.1. The van der Waals surface area contributed by atoms with Crippen LogP contribution in [0, 0.1) is 5.82 Å². The zero-order valence-corrected chi connectivity index (χ0v) is 16.0. The summed E-state index contributed by atoms with van der Waals surface area (Å²) in [4.78, 5) is 27.7. The molecule has 148 valence electrons. The molecule has 0 spiro atoms. The lowest BCUT2D eigenvalue weighted by Gasteiger charge is -2.06. The summed E-state index contributed by atoms with van der Waals surface area (Å²) in [6.07, 6.45) is 5.67. The van der Waals surface area contributed by atoms with Crippen molar-refractivity contribution in [1.82, 2.24) is 14.6 Å². The zero-order chi connectivity index (χ0) is 20.6. The third kappa shape index (κ3) is 5.42. The maximum atomic E-state index is 14.2. The van der Waals surface area contributed by atoms with Crippen molar-refractivity contribution in [3.05, 3.63) is 65.9 Å². The van der Waals surface area contributed by atoms with E-state index < -0.39 is 17.7 Å². The van der Waals surface area contributed by atoms with Crippen LogP contribution in [0.2, 0.25) is 0 Å². The Morgan fingerprint density at radius 2 is 2.17 bits per heavy atom. The first kappa shape index (κ1) is 20.1. The average molecular weight is 414 g/mol. The Labute approximate surface area is 169 Å². The first-order valence-electron chi connectivity index (χ1n) is 8.42. The number of carbonyl (C=O) groups is 2. The van der Waals surface area contributed by atoms with Gasteiger partial charge in [-0.25, -0.2) is 9.18 Å². The molecule has 2 heterocycles. The number of nitrogens with zero attached hydrogens (tertiary/aromatic N) is 3. The van der Waals surface area contributed by atoms with E-state index in [4.69, 9.17) is 9.47 Å². The van der Waals surface area contributed by atoms with Crippen molar-refractivity contribution in [3.63, 3.8) is 0 Å². The Balaban J connectivity index is 1.64. The number of aromatic nitrogens is 3. The molecule has 0 aliphatic carbocycles. The maximum absolute atomic E-state index is 14.2. The number of hydrogen-bond donors (Lipinski definition) is 1. The number of hydrogen-bond acceptors (Lipinski definition) is 8. The van der Waals surface area contributed by atoms with Gasteiger partial charge in [0.1, 0.15) is 5.75 Å². The molecule has 1 amide bonds. The summed E-state index contributed by atoms with van der Waals surface area (Å²) in [6.45, 7) is 1.83. The first-order valence-corrected chi connectivity index (χ1v) is 9.20. The van der Waals surface area contributed by atoms with E-state index in [1.165, 1.54) is 30.5 Å². The second-order valence-corrected chi connectivity index (χ2v) is 6.23. The molecule has 0 unspecified atom stereocenters. The van der Waals surface area contributed by atoms with Crippen LogP contribution in [0.15, 0.2) is 48.8 Å². The lowest BCUT2D eigenvalue weighted by atomic mass is 10.2. The predicted octanol–water partition coefficient (Wildman–Crippen LogP) is 3.69. The van der Waals surface area contributed by atoms with Gasteiger partial charge in [-0.1, -0.05) is 10.6 Å². The van der Waals surface area contributed by atoms with Crippen molar-refractivity contribution in [2.45, 2.75) is 6.92 Å². The SMILES string of the molecule is CCOC(=O)c1nnsc1NC(=O)/C=C/c1ccc(Oc2cccnc2)c(F)c1. The average Bonchev–Trinajstić information content (AvgIpc) is 3.17. The van der Waals surface area contributed by atoms with E-state index in [0.29, 0.717) is 11.3 Å². The minimum atomic E-state index is -0.674. The smallest absolute Gasteiger partial charge is 0.362 e. The number of ether oxygens (including phenoxy) is 2. The molecule has 0 aliphatic heterocycles. The van der Waals surface area contributed by atoms with Crippen molar-refractivity contribution >= 4 is 34.5 Å². The van der Waals surface area contributed by atoms with E-state index in [1.807, 2.05) is 0 Å². The maximum Gasteiger partial charge on any atom is 0.362 e. The van der Waals surface area contributed by atoms with Crippen LogP contribution in [0.1, 0.15) is 23.0 Å². The molecule has 1 N–H and O–H groups in total. The number of pyridine rings is 1. The molecule has 3 aromatic rings. The summed E-state index contributed by atoms with van der Waals surface area (Å²) >= 11 is 0.850. The molecular weight excluding hydrogens is 399 g/mol.